The number of fused-ring (bicyclic) bond motifs is 1. The van der Waals surface area contributed by atoms with Crippen molar-refractivity contribution >= 4 is 10.8 Å². The van der Waals surface area contributed by atoms with Crippen molar-refractivity contribution in [3.63, 3.8) is 0 Å². The van der Waals surface area contributed by atoms with E-state index in [1.54, 1.807) is 19.2 Å². The number of benzene rings is 3. The van der Waals surface area contributed by atoms with Gasteiger partial charge >= 0.3 is 0 Å². The molecular formula is C30H29FN2O. The second-order valence-corrected chi connectivity index (χ2v) is 8.66. The fourth-order valence-corrected chi connectivity index (χ4v) is 4.20. The number of halogens is 1. The first-order chi connectivity index (χ1) is 16.7. The third-order valence-electron chi connectivity index (χ3n) is 6.23. The molecular weight excluding hydrogens is 423 g/mol. The largest absolute Gasteiger partial charge is 0.385 e. The van der Waals surface area contributed by atoms with Crippen LogP contribution in [0, 0.1) is 17.1 Å². The maximum Gasteiger partial charge on any atom is 0.134 e. The van der Waals surface area contributed by atoms with Gasteiger partial charge in [0.2, 0.25) is 0 Å². The topological polar surface area (TPSA) is 45.9 Å². The van der Waals surface area contributed by atoms with Crippen LogP contribution in [0.1, 0.15) is 39.9 Å². The standard InChI is InChI=1S/C30H29FN2O/c1-34-18-2-3-25-10-16-28(33-21-25)15-9-23-11-17-29-27(19-23)14-13-26(30(29)31)12-8-22-4-6-24(20-32)7-5-22/h4-7,10-11,13-14,16-17,19,21H,2-3,8-9,12,15,18H2,1H3. The van der Waals surface area contributed by atoms with Gasteiger partial charge in [-0.25, -0.2) is 4.39 Å². The summed E-state index contributed by atoms with van der Waals surface area (Å²) in [7, 11) is 1.72. The predicted molar refractivity (Wildman–Crippen MR) is 134 cm³/mol. The Morgan fingerprint density at radius 2 is 1.59 bits per heavy atom. The number of rotatable bonds is 10. The van der Waals surface area contributed by atoms with Gasteiger partial charge in [-0.3, -0.25) is 4.98 Å². The highest BCUT2D eigenvalue weighted by Gasteiger charge is 2.09. The Bertz CT molecular complexity index is 1270. The van der Waals surface area contributed by atoms with Crippen LogP contribution in [0.4, 0.5) is 4.39 Å². The summed E-state index contributed by atoms with van der Waals surface area (Å²) in [5, 5.41) is 10.5. The Labute approximate surface area is 200 Å². The summed E-state index contributed by atoms with van der Waals surface area (Å²) in [5.74, 6) is -0.136. The molecule has 0 N–H and O–H groups in total. The van der Waals surface area contributed by atoms with E-state index in [1.807, 2.05) is 42.6 Å². The van der Waals surface area contributed by atoms with E-state index in [-0.39, 0.29) is 5.82 Å². The van der Waals surface area contributed by atoms with Gasteiger partial charge in [0.05, 0.1) is 11.6 Å². The van der Waals surface area contributed by atoms with Crippen molar-refractivity contribution in [1.82, 2.24) is 4.98 Å². The molecule has 0 radical (unpaired) electrons. The second-order valence-electron chi connectivity index (χ2n) is 8.66. The first-order valence-electron chi connectivity index (χ1n) is 11.8. The normalized spacial score (nSPS) is 11.0. The number of aryl methyl sites for hydroxylation is 5. The Balaban J connectivity index is 1.37. The van der Waals surface area contributed by atoms with Gasteiger partial charge in [-0.05, 0) is 84.4 Å². The van der Waals surface area contributed by atoms with E-state index in [0.29, 0.717) is 17.4 Å². The van der Waals surface area contributed by atoms with Crippen molar-refractivity contribution in [2.75, 3.05) is 13.7 Å². The molecule has 0 saturated heterocycles. The smallest absolute Gasteiger partial charge is 0.134 e. The summed E-state index contributed by atoms with van der Waals surface area (Å²) in [6.07, 6.45) is 7.03. The minimum Gasteiger partial charge on any atom is -0.385 e. The minimum atomic E-state index is -0.136. The molecule has 0 aliphatic carbocycles. The molecule has 0 spiro atoms. The predicted octanol–water partition coefficient (Wildman–Crippen LogP) is 6.39. The molecule has 0 amide bonds. The van der Waals surface area contributed by atoms with Gasteiger partial charge in [0, 0.05) is 31.0 Å². The van der Waals surface area contributed by atoms with Crippen LogP contribution >= 0.6 is 0 Å². The van der Waals surface area contributed by atoms with E-state index in [9.17, 15) is 0 Å². The summed E-state index contributed by atoms with van der Waals surface area (Å²) in [6.45, 7) is 0.767. The Morgan fingerprint density at radius 3 is 2.32 bits per heavy atom. The highest BCUT2D eigenvalue weighted by Crippen LogP contribution is 2.24. The molecule has 1 heterocycles. The minimum absolute atomic E-state index is 0.136. The zero-order valence-electron chi connectivity index (χ0n) is 19.6. The number of methoxy groups -OCH3 is 1. The molecule has 34 heavy (non-hydrogen) atoms. The third-order valence-corrected chi connectivity index (χ3v) is 6.23. The lowest BCUT2D eigenvalue weighted by Gasteiger charge is -2.09. The molecule has 0 fully saturated rings. The van der Waals surface area contributed by atoms with Crippen LogP contribution in [0.3, 0.4) is 0 Å². The number of nitrogens with zero attached hydrogens (tertiary/aromatic N) is 2. The number of pyridine rings is 1. The number of hydrogen-bond acceptors (Lipinski definition) is 3. The third kappa shape index (κ3) is 6.07. The van der Waals surface area contributed by atoms with Crippen molar-refractivity contribution in [2.45, 2.75) is 38.5 Å². The van der Waals surface area contributed by atoms with Crippen LogP contribution in [-0.2, 0) is 36.8 Å². The average Bonchev–Trinajstić information content (AvgIpc) is 2.88. The zero-order valence-corrected chi connectivity index (χ0v) is 19.6. The molecule has 0 bridgehead atoms. The van der Waals surface area contributed by atoms with Crippen molar-refractivity contribution in [1.29, 1.82) is 5.26 Å². The second kappa shape index (κ2) is 11.5. The molecule has 0 aliphatic rings. The van der Waals surface area contributed by atoms with Crippen molar-refractivity contribution in [3.8, 4) is 6.07 Å². The number of hydrogen-bond donors (Lipinski definition) is 0. The van der Waals surface area contributed by atoms with Gasteiger partial charge in [0.25, 0.3) is 0 Å². The van der Waals surface area contributed by atoms with Crippen LogP contribution in [0.5, 0.6) is 0 Å². The molecule has 0 unspecified atom stereocenters. The SMILES string of the molecule is COCCCc1ccc(CCc2ccc3c(F)c(CCc4ccc(C#N)cc4)ccc3c2)nc1. The lowest BCUT2D eigenvalue weighted by Crippen LogP contribution is -1.98. The average molecular weight is 453 g/mol. The molecule has 4 heteroatoms. The quantitative estimate of drug-likeness (QED) is 0.262. The van der Waals surface area contributed by atoms with E-state index in [1.165, 1.54) is 11.1 Å². The van der Waals surface area contributed by atoms with E-state index in [4.69, 9.17) is 10.00 Å². The van der Waals surface area contributed by atoms with Gasteiger partial charge in [-0.15, -0.1) is 0 Å². The van der Waals surface area contributed by atoms with Gasteiger partial charge in [-0.2, -0.15) is 5.26 Å². The maximum atomic E-state index is 15.2. The van der Waals surface area contributed by atoms with E-state index >= 15 is 4.39 Å². The zero-order chi connectivity index (χ0) is 23.8. The van der Waals surface area contributed by atoms with E-state index in [0.717, 1.165) is 60.9 Å². The lowest BCUT2D eigenvalue weighted by atomic mass is 9.97. The summed E-state index contributed by atoms with van der Waals surface area (Å²) in [4.78, 5) is 4.60. The molecule has 1 aromatic heterocycles. The first-order valence-corrected chi connectivity index (χ1v) is 11.8. The summed E-state index contributed by atoms with van der Waals surface area (Å²) < 4.78 is 20.3. The maximum absolute atomic E-state index is 15.2. The summed E-state index contributed by atoms with van der Waals surface area (Å²) in [6, 6.07) is 23.8. The van der Waals surface area contributed by atoms with Crippen LogP contribution in [0.15, 0.2) is 72.9 Å². The van der Waals surface area contributed by atoms with E-state index in [2.05, 4.69) is 29.3 Å². The van der Waals surface area contributed by atoms with E-state index < -0.39 is 0 Å². The number of nitriles is 1. The molecule has 3 nitrogen and oxygen atoms in total. The first kappa shape index (κ1) is 23.6. The summed E-state index contributed by atoms with van der Waals surface area (Å²) in [5.41, 5.74) is 5.95. The Kier molecular flexibility index (Phi) is 8.01. The molecule has 0 aliphatic heterocycles. The lowest BCUT2D eigenvalue weighted by molar-refractivity contribution is 0.195. The van der Waals surface area contributed by atoms with Crippen LogP contribution < -0.4 is 0 Å². The van der Waals surface area contributed by atoms with Crippen molar-refractivity contribution in [2.24, 2.45) is 0 Å². The molecule has 4 rings (SSSR count). The summed E-state index contributed by atoms with van der Waals surface area (Å²) >= 11 is 0. The molecule has 0 saturated carbocycles. The molecule has 3 aromatic carbocycles. The number of ether oxygens (including phenoxy) is 1. The molecule has 4 aromatic rings. The van der Waals surface area contributed by atoms with Crippen LogP contribution in [0.2, 0.25) is 0 Å². The monoisotopic (exact) mass is 452 g/mol. The van der Waals surface area contributed by atoms with Gasteiger partial charge in [0.1, 0.15) is 5.82 Å². The Morgan fingerprint density at radius 1 is 0.824 bits per heavy atom. The molecule has 172 valence electrons. The van der Waals surface area contributed by atoms with Gasteiger partial charge in [0.15, 0.2) is 0 Å². The van der Waals surface area contributed by atoms with Crippen molar-refractivity contribution < 1.29 is 9.13 Å². The van der Waals surface area contributed by atoms with Crippen molar-refractivity contribution in [3.05, 3.63) is 112 Å². The fraction of sp³-hybridized carbons (Fsp3) is 0.267. The fourth-order valence-electron chi connectivity index (χ4n) is 4.20. The highest BCUT2D eigenvalue weighted by atomic mass is 19.1. The highest BCUT2D eigenvalue weighted by molar-refractivity contribution is 5.84. The van der Waals surface area contributed by atoms with Gasteiger partial charge in [-0.1, -0.05) is 48.5 Å². The van der Waals surface area contributed by atoms with Crippen LogP contribution in [0.25, 0.3) is 10.8 Å². The van der Waals surface area contributed by atoms with Gasteiger partial charge < -0.3 is 4.74 Å². The number of aromatic nitrogens is 1. The van der Waals surface area contributed by atoms with Crippen LogP contribution in [-0.4, -0.2) is 18.7 Å². The Hall–Kier alpha value is -3.55. The molecule has 0 atom stereocenters.